The summed E-state index contributed by atoms with van der Waals surface area (Å²) in [6.45, 7) is 3.81. The molecule has 0 aliphatic carbocycles. The summed E-state index contributed by atoms with van der Waals surface area (Å²) in [5, 5.41) is 12.4. The van der Waals surface area contributed by atoms with Crippen molar-refractivity contribution in [2.75, 3.05) is 5.32 Å². The minimum Gasteiger partial charge on any atom is -0.505 e. The van der Waals surface area contributed by atoms with E-state index < -0.39 is 6.09 Å². The Morgan fingerprint density at radius 1 is 1.15 bits per heavy atom. The summed E-state index contributed by atoms with van der Waals surface area (Å²) in [5.74, 6) is 0.413. The molecule has 0 spiro atoms. The molecule has 0 fully saturated rings. The van der Waals surface area contributed by atoms with E-state index in [1.807, 2.05) is 26.0 Å². The summed E-state index contributed by atoms with van der Waals surface area (Å²) in [7, 11) is 0. The SMILES string of the molecule is Cc1ccc(OC(=O)Nc2cc(C)cc(Br)c2O)cc1. The lowest BCUT2D eigenvalue weighted by Gasteiger charge is -2.10. The third-order valence-electron chi connectivity index (χ3n) is 2.68. The number of aryl methyl sites for hydroxylation is 2. The number of rotatable bonds is 2. The maximum absolute atomic E-state index is 11.8. The molecule has 0 bridgehead atoms. The molecule has 1 amide bonds. The van der Waals surface area contributed by atoms with E-state index in [4.69, 9.17) is 4.74 Å². The largest absolute Gasteiger partial charge is 0.505 e. The molecule has 0 aliphatic heterocycles. The van der Waals surface area contributed by atoms with E-state index >= 15 is 0 Å². The van der Waals surface area contributed by atoms with Gasteiger partial charge in [-0.3, -0.25) is 5.32 Å². The molecule has 0 heterocycles. The fourth-order valence-corrected chi connectivity index (χ4v) is 2.25. The standard InChI is InChI=1S/C15H14BrNO3/c1-9-3-5-11(6-4-9)20-15(19)17-13-8-10(2)7-12(16)14(13)18/h3-8,18H,1-2H3,(H,17,19). The molecule has 2 N–H and O–H groups in total. The van der Waals surface area contributed by atoms with Crippen LogP contribution < -0.4 is 10.1 Å². The number of hydrogen-bond donors (Lipinski definition) is 2. The first-order valence-corrected chi connectivity index (χ1v) is 6.79. The lowest BCUT2D eigenvalue weighted by Crippen LogP contribution is -2.16. The van der Waals surface area contributed by atoms with Crippen molar-refractivity contribution in [2.45, 2.75) is 13.8 Å². The van der Waals surface area contributed by atoms with Gasteiger partial charge in [-0.25, -0.2) is 4.79 Å². The molecule has 0 aromatic heterocycles. The Bertz CT molecular complexity index is 638. The summed E-state index contributed by atoms with van der Waals surface area (Å²) in [6, 6.07) is 10.5. The molecule has 2 rings (SSSR count). The highest BCUT2D eigenvalue weighted by Crippen LogP contribution is 2.33. The van der Waals surface area contributed by atoms with Crippen LogP contribution in [-0.2, 0) is 0 Å². The van der Waals surface area contributed by atoms with Crippen molar-refractivity contribution in [2.24, 2.45) is 0 Å². The number of aromatic hydroxyl groups is 1. The van der Waals surface area contributed by atoms with Crippen LogP contribution in [0.25, 0.3) is 0 Å². The van der Waals surface area contributed by atoms with Crippen molar-refractivity contribution >= 4 is 27.7 Å². The van der Waals surface area contributed by atoms with Gasteiger partial charge in [0.25, 0.3) is 0 Å². The second kappa shape index (κ2) is 5.96. The Morgan fingerprint density at radius 3 is 2.45 bits per heavy atom. The van der Waals surface area contributed by atoms with E-state index in [1.54, 1.807) is 24.3 Å². The molecule has 0 unspecified atom stereocenters. The lowest BCUT2D eigenvalue weighted by atomic mass is 10.2. The summed E-state index contributed by atoms with van der Waals surface area (Å²) in [4.78, 5) is 11.8. The van der Waals surface area contributed by atoms with Gasteiger partial charge in [-0.2, -0.15) is 0 Å². The van der Waals surface area contributed by atoms with Gasteiger partial charge in [0.05, 0.1) is 10.2 Å². The minimum absolute atomic E-state index is 0.0311. The zero-order valence-electron chi connectivity index (χ0n) is 11.1. The molecular formula is C15H14BrNO3. The topological polar surface area (TPSA) is 58.6 Å². The third-order valence-corrected chi connectivity index (χ3v) is 3.28. The molecule has 4 nitrogen and oxygen atoms in total. The van der Waals surface area contributed by atoms with Crippen molar-refractivity contribution in [3.05, 3.63) is 52.0 Å². The van der Waals surface area contributed by atoms with Gasteiger partial charge < -0.3 is 9.84 Å². The highest BCUT2D eigenvalue weighted by atomic mass is 79.9. The maximum atomic E-state index is 11.8. The third kappa shape index (κ3) is 3.51. The van der Waals surface area contributed by atoms with Gasteiger partial charge in [-0.05, 0) is 59.6 Å². The average molecular weight is 336 g/mol. The summed E-state index contributed by atoms with van der Waals surface area (Å²) in [5.41, 5.74) is 2.28. The predicted molar refractivity (Wildman–Crippen MR) is 81.4 cm³/mol. The summed E-state index contributed by atoms with van der Waals surface area (Å²) < 4.78 is 5.65. The number of phenols is 1. The average Bonchev–Trinajstić information content (AvgIpc) is 2.38. The highest BCUT2D eigenvalue weighted by Gasteiger charge is 2.11. The molecule has 104 valence electrons. The van der Waals surface area contributed by atoms with Crippen molar-refractivity contribution in [3.8, 4) is 11.5 Å². The van der Waals surface area contributed by atoms with Gasteiger partial charge in [0.1, 0.15) is 5.75 Å². The number of hydrogen-bond acceptors (Lipinski definition) is 3. The Morgan fingerprint density at radius 2 is 1.80 bits per heavy atom. The molecular weight excluding hydrogens is 322 g/mol. The first-order chi connectivity index (χ1) is 9.45. The van der Waals surface area contributed by atoms with E-state index in [-0.39, 0.29) is 5.75 Å². The van der Waals surface area contributed by atoms with E-state index in [0.29, 0.717) is 15.9 Å². The molecule has 5 heteroatoms. The molecule has 0 aliphatic rings. The second-order valence-electron chi connectivity index (χ2n) is 4.47. The highest BCUT2D eigenvalue weighted by molar-refractivity contribution is 9.10. The first-order valence-electron chi connectivity index (χ1n) is 6.00. The van der Waals surface area contributed by atoms with Gasteiger partial charge in [0.15, 0.2) is 5.75 Å². The van der Waals surface area contributed by atoms with Crippen LogP contribution in [0.2, 0.25) is 0 Å². The quantitative estimate of drug-likeness (QED) is 0.800. The number of ether oxygens (including phenoxy) is 1. The van der Waals surface area contributed by atoms with Crippen LogP contribution in [0.5, 0.6) is 11.5 Å². The van der Waals surface area contributed by atoms with E-state index in [1.165, 1.54) is 0 Å². The number of phenolic OH excluding ortho intramolecular Hbond substituents is 1. The molecule has 0 atom stereocenters. The predicted octanol–water partition coefficient (Wildman–Crippen LogP) is 4.38. The van der Waals surface area contributed by atoms with Crippen LogP contribution in [0.1, 0.15) is 11.1 Å². The lowest BCUT2D eigenvalue weighted by molar-refractivity contribution is 0.215. The monoisotopic (exact) mass is 335 g/mol. The smallest absolute Gasteiger partial charge is 0.417 e. The molecule has 2 aromatic carbocycles. The molecule has 20 heavy (non-hydrogen) atoms. The first kappa shape index (κ1) is 14.4. The Kier molecular flexibility index (Phi) is 4.29. The number of halogens is 1. The van der Waals surface area contributed by atoms with Gasteiger partial charge in [0, 0.05) is 0 Å². The van der Waals surface area contributed by atoms with Crippen LogP contribution in [-0.4, -0.2) is 11.2 Å². The Balaban J connectivity index is 2.10. The van der Waals surface area contributed by atoms with E-state index in [0.717, 1.165) is 11.1 Å². The number of carbonyl (C=O) groups is 1. The minimum atomic E-state index is -0.651. The van der Waals surface area contributed by atoms with Crippen molar-refractivity contribution < 1.29 is 14.6 Å². The fourth-order valence-electron chi connectivity index (χ4n) is 1.68. The zero-order valence-corrected chi connectivity index (χ0v) is 12.7. The molecule has 0 radical (unpaired) electrons. The van der Waals surface area contributed by atoms with Crippen LogP contribution in [0.4, 0.5) is 10.5 Å². The van der Waals surface area contributed by atoms with E-state index in [2.05, 4.69) is 21.2 Å². The Labute approximate surface area is 125 Å². The number of amides is 1. The number of benzene rings is 2. The zero-order chi connectivity index (χ0) is 14.7. The van der Waals surface area contributed by atoms with Gasteiger partial charge in [-0.1, -0.05) is 17.7 Å². The molecule has 0 saturated heterocycles. The van der Waals surface area contributed by atoms with Crippen molar-refractivity contribution in [1.29, 1.82) is 0 Å². The maximum Gasteiger partial charge on any atom is 0.417 e. The normalized spacial score (nSPS) is 10.2. The molecule has 2 aromatic rings. The second-order valence-corrected chi connectivity index (χ2v) is 5.32. The number of anilines is 1. The molecule has 0 saturated carbocycles. The van der Waals surface area contributed by atoms with Gasteiger partial charge in [0.2, 0.25) is 0 Å². The van der Waals surface area contributed by atoms with Crippen molar-refractivity contribution in [1.82, 2.24) is 0 Å². The van der Waals surface area contributed by atoms with Crippen LogP contribution >= 0.6 is 15.9 Å². The van der Waals surface area contributed by atoms with Crippen LogP contribution in [0, 0.1) is 13.8 Å². The van der Waals surface area contributed by atoms with Gasteiger partial charge >= 0.3 is 6.09 Å². The van der Waals surface area contributed by atoms with E-state index in [9.17, 15) is 9.90 Å². The van der Waals surface area contributed by atoms with Crippen LogP contribution in [0.3, 0.4) is 0 Å². The number of carbonyl (C=O) groups excluding carboxylic acids is 1. The Hall–Kier alpha value is -2.01. The summed E-state index contributed by atoms with van der Waals surface area (Å²) in [6.07, 6.45) is -0.651. The number of nitrogens with one attached hydrogen (secondary N) is 1. The summed E-state index contributed by atoms with van der Waals surface area (Å²) >= 11 is 3.22. The van der Waals surface area contributed by atoms with Crippen molar-refractivity contribution in [3.63, 3.8) is 0 Å². The fraction of sp³-hybridized carbons (Fsp3) is 0.133. The van der Waals surface area contributed by atoms with Crippen LogP contribution in [0.15, 0.2) is 40.9 Å². The van der Waals surface area contributed by atoms with Gasteiger partial charge in [-0.15, -0.1) is 0 Å².